The average Bonchev–Trinajstić information content (AvgIpc) is 3.39. The molecule has 0 radical (unpaired) electrons. The van der Waals surface area contributed by atoms with E-state index in [2.05, 4.69) is 20.1 Å². The Morgan fingerprint density at radius 2 is 1.97 bits per heavy atom. The maximum absolute atomic E-state index is 13.4. The lowest BCUT2D eigenvalue weighted by atomic mass is 9.93. The number of fused-ring (bicyclic) bond motifs is 2. The van der Waals surface area contributed by atoms with Crippen molar-refractivity contribution in [3.63, 3.8) is 0 Å². The molecule has 3 aromatic rings. The molecule has 5 N–H and O–H groups in total. The van der Waals surface area contributed by atoms with Crippen LogP contribution in [0.25, 0.3) is 16.9 Å². The fourth-order valence-corrected chi connectivity index (χ4v) is 5.49. The number of carbonyl (C=O) groups is 2. The molecule has 1 aliphatic carbocycles. The van der Waals surface area contributed by atoms with E-state index in [1.807, 2.05) is 0 Å². The molecule has 0 saturated heterocycles. The van der Waals surface area contributed by atoms with E-state index in [-0.39, 0.29) is 41.3 Å². The minimum atomic E-state index is -4.56. The normalized spacial score (nSPS) is 20.3. The first-order valence-electron chi connectivity index (χ1n) is 12.5. The van der Waals surface area contributed by atoms with Gasteiger partial charge in [-0.3, -0.25) is 9.59 Å². The van der Waals surface area contributed by atoms with E-state index >= 15 is 0 Å². The van der Waals surface area contributed by atoms with Gasteiger partial charge in [-0.05, 0) is 56.4 Å². The third-order valence-corrected chi connectivity index (χ3v) is 7.68. The molecule has 2 aromatic heterocycles. The van der Waals surface area contributed by atoms with Crippen LogP contribution in [0.4, 0.5) is 24.7 Å². The summed E-state index contributed by atoms with van der Waals surface area (Å²) in [6.45, 7) is 0.769. The predicted molar refractivity (Wildman–Crippen MR) is 141 cm³/mol. The highest BCUT2D eigenvalue weighted by Crippen LogP contribution is 2.38. The predicted octanol–water partition coefficient (Wildman–Crippen LogP) is 3.61. The van der Waals surface area contributed by atoms with Crippen molar-refractivity contribution in [1.29, 1.82) is 0 Å². The molecule has 208 valence electrons. The molecule has 1 fully saturated rings. The second-order valence-corrected chi connectivity index (χ2v) is 10.4. The molecule has 1 saturated carbocycles. The van der Waals surface area contributed by atoms with Crippen molar-refractivity contribution in [2.24, 2.45) is 0 Å². The monoisotopic (exact) mass is 563 g/mol. The van der Waals surface area contributed by atoms with Gasteiger partial charge in [-0.25, -0.2) is 9.50 Å². The van der Waals surface area contributed by atoms with Crippen LogP contribution in [0.2, 0.25) is 0 Å². The van der Waals surface area contributed by atoms with Gasteiger partial charge in [0.15, 0.2) is 11.5 Å². The second-order valence-electron chi connectivity index (χ2n) is 9.83. The number of aliphatic hydroxyl groups is 1. The number of halogens is 3. The number of benzene rings is 1. The Balaban J connectivity index is 1.50. The van der Waals surface area contributed by atoms with Gasteiger partial charge in [-0.2, -0.15) is 13.2 Å². The summed E-state index contributed by atoms with van der Waals surface area (Å²) in [6, 6.07) is 2.91. The van der Waals surface area contributed by atoms with Crippen LogP contribution in [-0.4, -0.2) is 67.0 Å². The van der Waals surface area contributed by atoms with Crippen molar-refractivity contribution >= 4 is 40.9 Å². The summed E-state index contributed by atoms with van der Waals surface area (Å²) in [4.78, 5) is 31.6. The van der Waals surface area contributed by atoms with E-state index in [1.54, 1.807) is 30.7 Å². The molecule has 0 bridgehead atoms. The number of amides is 2. The number of nitrogen functional groups attached to an aromatic ring is 1. The van der Waals surface area contributed by atoms with Crippen LogP contribution in [0.1, 0.15) is 58.9 Å². The van der Waals surface area contributed by atoms with Crippen molar-refractivity contribution in [1.82, 2.24) is 24.8 Å². The Kier molecular flexibility index (Phi) is 7.10. The number of rotatable bonds is 6. The maximum atomic E-state index is 13.4. The first kappa shape index (κ1) is 27.1. The first-order valence-corrected chi connectivity index (χ1v) is 13.7. The van der Waals surface area contributed by atoms with Crippen molar-refractivity contribution in [2.45, 2.75) is 63.5 Å². The molecule has 0 spiro atoms. The zero-order chi connectivity index (χ0) is 28.1. The fourth-order valence-electron chi connectivity index (χ4n) is 5.11. The molecule has 1 unspecified atom stereocenters. The number of anilines is 2. The van der Waals surface area contributed by atoms with Gasteiger partial charge in [-0.1, -0.05) is 11.9 Å². The molecule has 5 rings (SSSR count). The van der Waals surface area contributed by atoms with E-state index in [4.69, 9.17) is 5.73 Å². The second kappa shape index (κ2) is 10.2. The summed E-state index contributed by atoms with van der Waals surface area (Å²) >= 11 is 1.21. The SMILES string of the molecule is CSNc1cc(-c2ccn3nc(N)c(C(=O)NC4CCC(O)CC4)c3n2)cc2c1C(=O)N(C(C)C(F)(F)F)C2. The van der Waals surface area contributed by atoms with Crippen LogP contribution in [0.15, 0.2) is 24.4 Å². The number of aliphatic hydroxyl groups excluding tert-OH is 1. The van der Waals surface area contributed by atoms with Gasteiger partial charge in [0.05, 0.1) is 23.0 Å². The number of nitrogens with one attached hydrogen (secondary N) is 2. The highest BCUT2D eigenvalue weighted by atomic mass is 32.2. The van der Waals surface area contributed by atoms with Crippen LogP contribution in [0.3, 0.4) is 0 Å². The van der Waals surface area contributed by atoms with Gasteiger partial charge in [0.25, 0.3) is 11.8 Å². The third-order valence-electron chi connectivity index (χ3n) is 7.26. The first-order chi connectivity index (χ1) is 18.5. The van der Waals surface area contributed by atoms with Crippen LogP contribution >= 0.6 is 11.9 Å². The lowest BCUT2D eigenvalue weighted by molar-refractivity contribution is -0.172. The van der Waals surface area contributed by atoms with E-state index in [0.717, 1.165) is 11.8 Å². The Labute approximate surface area is 226 Å². The highest BCUT2D eigenvalue weighted by molar-refractivity contribution is 7.99. The number of nitrogens with zero attached hydrogens (tertiary/aromatic N) is 4. The van der Waals surface area contributed by atoms with Gasteiger partial charge >= 0.3 is 6.18 Å². The minimum absolute atomic E-state index is 0.00839. The molecule has 1 aliphatic heterocycles. The molecule has 14 heteroatoms. The Bertz CT molecular complexity index is 1440. The summed E-state index contributed by atoms with van der Waals surface area (Å²) in [7, 11) is 0. The fraction of sp³-hybridized carbons (Fsp3) is 0.440. The van der Waals surface area contributed by atoms with Crippen LogP contribution in [-0.2, 0) is 6.54 Å². The van der Waals surface area contributed by atoms with Gasteiger partial charge in [0, 0.05) is 30.6 Å². The van der Waals surface area contributed by atoms with Crippen molar-refractivity contribution in [3.8, 4) is 11.3 Å². The highest BCUT2D eigenvalue weighted by Gasteiger charge is 2.45. The molecule has 3 heterocycles. The smallest absolute Gasteiger partial charge is 0.393 e. The van der Waals surface area contributed by atoms with Gasteiger partial charge < -0.3 is 25.8 Å². The molecular formula is C25H28F3N7O3S. The number of nitrogens with two attached hydrogens (primary N) is 1. The Morgan fingerprint density at radius 1 is 1.26 bits per heavy atom. The third kappa shape index (κ3) is 5.10. The van der Waals surface area contributed by atoms with Crippen LogP contribution < -0.4 is 15.8 Å². The van der Waals surface area contributed by atoms with Crippen molar-refractivity contribution in [3.05, 3.63) is 41.1 Å². The Hall–Kier alpha value is -3.52. The summed E-state index contributed by atoms with van der Waals surface area (Å²) in [6.07, 6.45) is 0.916. The molecule has 2 aliphatic rings. The summed E-state index contributed by atoms with van der Waals surface area (Å²) in [5.41, 5.74) is 8.41. The lowest BCUT2D eigenvalue weighted by Gasteiger charge is -2.26. The topological polar surface area (TPSA) is 138 Å². The van der Waals surface area contributed by atoms with Crippen molar-refractivity contribution in [2.75, 3.05) is 16.7 Å². The quantitative estimate of drug-likeness (QED) is 0.334. The summed E-state index contributed by atoms with van der Waals surface area (Å²) < 4.78 is 44.7. The maximum Gasteiger partial charge on any atom is 0.408 e. The summed E-state index contributed by atoms with van der Waals surface area (Å²) in [5.74, 6) is -1.11. The van der Waals surface area contributed by atoms with E-state index in [1.165, 1.54) is 16.5 Å². The molecule has 10 nitrogen and oxygen atoms in total. The van der Waals surface area contributed by atoms with E-state index < -0.39 is 24.0 Å². The van der Waals surface area contributed by atoms with E-state index in [0.29, 0.717) is 48.2 Å². The standard InChI is InChI=1S/C25H28F3N7O3S/c1-12(25(26,27)28)34-11-14-9-13(10-18(33-39-2)19(14)24(34)38)17-7-8-35-22(31-17)20(21(29)32-35)23(37)30-15-3-5-16(36)6-4-15/h7-10,12,15-16,33,36H,3-6,11H2,1-2H3,(H2,29,32)(H,30,37). The number of alkyl halides is 3. The summed E-state index contributed by atoms with van der Waals surface area (Å²) in [5, 5.41) is 16.9. The molecule has 2 amide bonds. The zero-order valence-electron chi connectivity index (χ0n) is 21.2. The van der Waals surface area contributed by atoms with Crippen LogP contribution in [0, 0.1) is 0 Å². The zero-order valence-corrected chi connectivity index (χ0v) is 22.1. The Morgan fingerprint density at radius 3 is 2.64 bits per heavy atom. The van der Waals surface area contributed by atoms with Gasteiger partial charge in [0.1, 0.15) is 11.6 Å². The number of hydrogen-bond donors (Lipinski definition) is 4. The van der Waals surface area contributed by atoms with Crippen LogP contribution in [0.5, 0.6) is 0 Å². The minimum Gasteiger partial charge on any atom is -0.393 e. The lowest BCUT2D eigenvalue weighted by Crippen LogP contribution is -2.43. The molecular weight excluding hydrogens is 535 g/mol. The van der Waals surface area contributed by atoms with Gasteiger partial charge in [0.2, 0.25) is 0 Å². The van der Waals surface area contributed by atoms with Crippen molar-refractivity contribution < 1.29 is 27.9 Å². The molecule has 39 heavy (non-hydrogen) atoms. The molecule has 1 atom stereocenters. The molecule has 1 aromatic carbocycles. The number of carbonyl (C=O) groups excluding carboxylic acids is 2. The van der Waals surface area contributed by atoms with E-state index in [9.17, 15) is 27.9 Å². The van der Waals surface area contributed by atoms with Gasteiger partial charge in [-0.15, -0.1) is 5.10 Å². The largest absolute Gasteiger partial charge is 0.408 e. The number of hydrogen-bond acceptors (Lipinski definition) is 8. The average molecular weight is 564 g/mol. The number of aromatic nitrogens is 3.